The zero-order valence-electron chi connectivity index (χ0n) is 7.59. The van der Waals surface area contributed by atoms with Crippen molar-refractivity contribution < 1.29 is 9.53 Å². The number of carbonyl (C=O) groups is 1. The lowest BCUT2D eigenvalue weighted by molar-refractivity contribution is 0.133. The molecule has 0 aromatic carbocycles. The zero-order chi connectivity index (χ0) is 8.69. The van der Waals surface area contributed by atoms with Gasteiger partial charge in [-0.1, -0.05) is 13.8 Å². The van der Waals surface area contributed by atoms with E-state index in [1.165, 1.54) is 7.11 Å². The van der Waals surface area contributed by atoms with Gasteiger partial charge in [-0.3, -0.25) is 0 Å². The molecule has 1 fully saturated rings. The van der Waals surface area contributed by atoms with Crippen LogP contribution in [0.25, 0.3) is 0 Å². The molecular weight excluding hydrogens is 142 g/mol. The van der Waals surface area contributed by atoms with Gasteiger partial charge in [0.05, 0.1) is 7.11 Å². The summed E-state index contributed by atoms with van der Waals surface area (Å²) in [5, 5.41) is 0. The minimum Gasteiger partial charge on any atom is -0.453 e. The van der Waals surface area contributed by atoms with E-state index in [1.54, 1.807) is 4.90 Å². The monoisotopic (exact) mass is 159 g/mol. The molecule has 0 N–H and O–H groups in total. The van der Waals surface area contributed by atoms with Crippen molar-refractivity contribution in [3.63, 3.8) is 0 Å². The van der Waals surface area contributed by atoms with Gasteiger partial charge in [-0.25, -0.2) is 4.79 Å². The van der Waals surface area contributed by atoms with Crippen LogP contribution < -0.4 is 0 Å². The lowest BCUT2D eigenvalue weighted by atomic mass is 10.4. The van der Waals surface area contributed by atoms with Gasteiger partial charge >= 0.3 is 6.09 Å². The summed E-state index contributed by atoms with van der Waals surface area (Å²) in [6.45, 7) is 5.74. The molecule has 0 aromatic rings. The van der Waals surface area contributed by atoms with Crippen molar-refractivity contribution in [1.29, 1.82) is 0 Å². The molecule has 0 aliphatic carbocycles. The minimum absolute atomic E-state index is 0.187. The van der Waals surface area contributed by atoms with E-state index in [2.05, 4.69) is 4.74 Å². The first kappa shape index (κ1) is 10.3. The van der Waals surface area contributed by atoms with Crippen molar-refractivity contribution in [2.75, 3.05) is 20.2 Å². The normalized spacial score (nSPS) is 15.4. The first-order valence-electron chi connectivity index (χ1n) is 4.17. The second kappa shape index (κ2) is 6.01. The number of rotatable bonds is 0. The van der Waals surface area contributed by atoms with Crippen molar-refractivity contribution >= 4 is 6.09 Å². The molecule has 66 valence electrons. The van der Waals surface area contributed by atoms with E-state index in [-0.39, 0.29) is 6.09 Å². The number of ether oxygens (including phenoxy) is 1. The maximum Gasteiger partial charge on any atom is 0.409 e. The van der Waals surface area contributed by atoms with Gasteiger partial charge in [0.1, 0.15) is 0 Å². The Balaban J connectivity index is 0.000000461. The van der Waals surface area contributed by atoms with Crippen molar-refractivity contribution in [2.45, 2.75) is 26.7 Å². The zero-order valence-corrected chi connectivity index (χ0v) is 7.59. The third-order valence-corrected chi connectivity index (χ3v) is 1.54. The molecule has 0 bridgehead atoms. The number of hydrogen-bond acceptors (Lipinski definition) is 2. The lowest BCUT2D eigenvalue weighted by Crippen LogP contribution is -2.27. The van der Waals surface area contributed by atoms with Crippen LogP contribution in [0.1, 0.15) is 26.7 Å². The molecule has 1 aliphatic rings. The van der Waals surface area contributed by atoms with E-state index < -0.39 is 0 Å². The number of methoxy groups -OCH3 is 1. The first-order chi connectivity index (χ1) is 5.34. The molecule has 1 amide bonds. The number of amides is 1. The Morgan fingerprint density at radius 2 is 1.73 bits per heavy atom. The van der Waals surface area contributed by atoms with Crippen LogP contribution >= 0.6 is 0 Å². The van der Waals surface area contributed by atoms with Crippen LogP contribution in [0.3, 0.4) is 0 Å². The fourth-order valence-electron chi connectivity index (χ4n) is 1.03. The Morgan fingerprint density at radius 1 is 1.27 bits per heavy atom. The highest BCUT2D eigenvalue weighted by atomic mass is 16.5. The summed E-state index contributed by atoms with van der Waals surface area (Å²) < 4.78 is 4.52. The Kier molecular flexibility index (Phi) is 5.61. The quantitative estimate of drug-likeness (QED) is 0.540. The summed E-state index contributed by atoms with van der Waals surface area (Å²) >= 11 is 0. The predicted molar refractivity (Wildman–Crippen MR) is 44.6 cm³/mol. The molecule has 0 aromatic heterocycles. The van der Waals surface area contributed by atoms with Gasteiger partial charge in [-0.05, 0) is 12.8 Å². The second-order valence-electron chi connectivity index (χ2n) is 2.16. The van der Waals surface area contributed by atoms with Gasteiger partial charge in [-0.2, -0.15) is 0 Å². The Hall–Kier alpha value is -0.730. The molecule has 1 aliphatic heterocycles. The third kappa shape index (κ3) is 3.25. The Bertz CT molecular complexity index is 109. The minimum atomic E-state index is -0.187. The number of hydrogen-bond donors (Lipinski definition) is 0. The van der Waals surface area contributed by atoms with Crippen molar-refractivity contribution in [3.8, 4) is 0 Å². The highest BCUT2D eigenvalue weighted by molar-refractivity contribution is 5.67. The Labute approximate surface area is 68.3 Å². The maximum atomic E-state index is 10.7. The lowest BCUT2D eigenvalue weighted by Gasteiger charge is -2.11. The second-order valence-corrected chi connectivity index (χ2v) is 2.16. The summed E-state index contributed by atoms with van der Waals surface area (Å²) in [5.41, 5.74) is 0. The molecule has 1 rings (SSSR count). The van der Waals surface area contributed by atoms with Gasteiger partial charge in [0.2, 0.25) is 0 Å². The number of likely N-dealkylation sites (tertiary alicyclic amines) is 1. The third-order valence-electron chi connectivity index (χ3n) is 1.54. The van der Waals surface area contributed by atoms with Crippen molar-refractivity contribution in [2.24, 2.45) is 0 Å². The SMILES string of the molecule is CC.COC(=O)N1CCCC1. The van der Waals surface area contributed by atoms with Gasteiger partial charge in [0.15, 0.2) is 0 Å². The molecule has 0 saturated carbocycles. The van der Waals surface area contributed by atoms with Gasteiger partial charge < -0.3 is 9.64 Å². The largest absolute Gasteiger partial charge is 0.453 e. The van der Waals surface area contributed by atoms with Crippen molar-refractivity contribution in [1.82, 2.24) is 4.90 Å². The molecule has 0 atom stereocenters. The maximum absolute atomic E-state index is 10.7. The molecule has 1 saturated heterocycles. The number of nitrogens with zero attached hydrogens (tertiary/aromatic N) is 1. The molecule has 0 unspecified atom stereocenters. The fraction of sp³-hybridized carbons (Fsp3) is 0.875. The summed E-state index contributed by atoms with van der Waals surface area (Å²) in [7, 11) is 1.42. The van der Waals surface area contributed by atoms with Gasteiger partial charge in [-0.15, -0.1) is 0 Å². The van der Waals surface area contributed by atoms with E-state index in [4.69, 9.17) is 0 Å². The molecule has 3 nitrogen and oxygen atoms in total. The summed E-state index contributed by atoms with van der Waals surface area (Å²) in [6.07, 6.45) is 2.05. The van der Waals surface area contributed by atoms with E-state index in [9.17, 15) is 4.79 Å². The molecule has 11 heavy (non-hydrogen) atoms. The summed E-state index contributed by atoms with van der Waals surface area (Å²) in [5.74, 6) is 0. The van der Waals surface area contributed by atoms with Crippen LogP contribution in [-0.2, 0) is 4.74 Å². The molecule has 1 heterocycles. The molecular formula is C8H17NO2. The average Bonchev–Trinajstić information content (AvgIpc) is 2.59. The van der Waals surface area contributed by atoms with E-state index in [0.29, 0.717) is 0 Å². The first-order valence-corrected chi connectivity index (χ1v) is 4.17. The highest BCUT2D eigenvalue weighted by Crippen LogP contribution is 2.07. The standard InChI is InChI=1S/C6H11NO2.C2H6/c1-9-6(8)7-4-2-3-5-7;1-2/h2-5H2,1H3;1-2H3. The van der Waals surface area contributed by atoms with Crippen molar-refractivity contribution in [3.05, 3.63) is 0 Å². The number of carbonyl (C=O) groups excluding carboxylic acids is 1. The predicted octanol–water partition coefficient (Wildman–Crippen LogP) is 1.87. The molecule has 0 radical (unpaired) electrons. The van der Waals surface area contributed by atoms with Crippen LogP contribution in [0.5, 0.6) is 0 Å². The topological polar surface area (TPSA) is 29.5 Å². The smallest absolute Gasteiger partial charge is 0.409 e. The van der Waals surface area contributed by atoms with E-state index >= 15 is 0 Å². The molecule has 0 spiro atoms. The van der Waals surface area contributed by atoms with E-state index in [0.717, 1.165) is 25.9 Å². The average molecular weight is 159 g/mol. The van der Waals surface area contributed by atoms with Crippen LogP contribution in [0.4, 0.5) is 4.79 Å². The van der Waals surface area contributed by atoms with Crippen LogP contribution in [0.15, 0.2) is 0 Å². The highest BCUT2D eigenvalue weighted by Gasteiger charge is 2.17. The van der Waals surface area contributed by atoms with Crippen LogP contribution in [0, 0.1) is 0 Å². The van der Waals surface area contributed by atoms with Crippen LogP contribution in [-0.4, -0.2) is 31.2 Å². The van der Waals surface area contributed by atoms with Gasteiger partial charge in [0, 0.05) is 13.1 Å². The molecule has 3 heteroatoms. The van der Waals surface area contributed by atoms with Gasteiger partial charge in [0.25, 0.3) is 0 Å². The summed E-state index contributed by atoms with van der Waals surface area (Å²) in [6, 6.07) is 0. The van der Waals surface area contributed by atoms with Crippen LogP contribution in [0.2, 0.25) is 0 Å². The van der Waals surface area contributed by atoms with E-state index in [1.807, 2.05) is 13.8 Å². The fourth-order valence-corrected chi connectivity index (χ4v) is 1.03. The Morgan fingerprint density at radius 3 is 2.09 bits per heavy atom. The summed E-state index contributed by atoms with van der Waals surface area (Å²) in [4.78, 5) is 12.4.